The molecule has 1 atom stereocenters. The summed E-state index contributed by atoms with van der Waals surface area (Å²) >= 11 is 0. The lowest BCUT2D eigenvalue weighted by Gasteiger charge is -2.10. The average molecular weight is 272 g/mol. The van der Waals surface area contributed by atoms with Crippen LogP contribution in [0.5, 0.6) is 0 Å². The van der Waals surface area contributed by atoms with Crippen molar-refractivity contribution in [1.82, 2.24) is 0 Å². The molecule has 0 aromatic carbocycles. The molecule has 114 valence electrons. The van der Waals surface area contributed by atoms with Crippen molar-refractivity contribution in [3.63, 3.8) is 0 Å². The third kappa shape index (κ3) is 15.4. The van der Waals surface area contributed by atoms with E-state index >= 15 is 0 Å². The van der Waals surface area contributed by atoms with E-state index in [-0.39, 0.29) is 12.5 Å². The summed E-state index contributed by atoms with van der Waals surface area (Å²) in [6.45, 7) is 2.22. The molecule has 3 nitrogen and oxygen atoms in total. The fourth-order valence-corrected chi connectivity index (χ4v) is 2.31. The molecule has 0 amide bonds. The zero-order chi connectivity index (χ0) is 14.3. The maximum absolute atomic E-state index is 10.3. The normalized spacial score (nSPS) is 12.5. The summed E-state index contributed by atoms with van der Waals surface area (Å²) in [5.74, 6) is -0.705. The number of hydrogen-bond acceptors (Lipinski definition) is 2. The summed E-state index contributed by atoms with van der Waals surface area (Å²) < 4.78 is 0. The van der Waals surface area contributed by atoms with Crippen LogP contribution in [0, 0.1) is 0 Å². The molecule has 1 unspecified atom stereocenters. The van der Waals surface area contributed by atoms with Gasteiger partial charge in [-0.25, -0.2) is 0 Å². The fraction of sp³-hybridized carbons (Fsp3) is 0.938. The minimum atomic E-state index is -0.705. The van der Waals surface area contributed by atoms with E-state index in [9.17, 15) is 9.90 Å². The number of hydrogen-bond donors (Lipinski definition) is 2. The molecule has 0 saturated heterocycles. The van der Waals surface area contributed by atoms with E-state index < -0.39 is 5.97 Å². The highest BCUT2D eigenvalue weighted by atomic mass is 16.4. The molecule has 0 aliphatic rings. The van der Waals surface area contributed by atoms with E-state index in [2.05, 4.69) is 6.92 Å². The summed E-state index contributed by atoms with van der Waals surface area (Å²) in [5.41, 5.74) is 0. The maximum atomic E-state index is 10.3. The van der Waals surface area contributed by atoms with E-state index in [1.807, 2.05) is 0 Å². The highest BCUT2D eigenvalue weighted by Crippen LogP contribution is 2.13. The first-order valence-electron chi connectivity index (χ1n) is 8.06. The van der Waals surface area contributed by atoms with Crippen LogP contribution in [-0.2, 0) is 4.79 Å². The lowest BCUT2D eigenvalue weighted by atomic mass is 10.0. The van der Waals surface area contributed by atoms with Gasteiger partial charge in [0.1, 0.15) is 0 Å². The predicted octanol–water partition coefficient (Wildman–Crippen LogP) is 4.52. The van der Waals surface area contributed by atoms with Gasteiger partial charge >= 0.3 is 5.97 Å². The van der Waals surface area contributed by atoms with Gasteiger partial charge in [0.25, 0.3) is 0 Å². The number of carbonyl (C=O) groups is 1. The Morgan fingerprint density at radius 1 is 0.842 bits per heavy atom. The predicted molar refractivity (Wildman–Crippen MR) is 79.3 cm³/mol. The van der Waals surface area contributed by atoms with Gasteiger partial charge in [-0.3, -0.25) is 4.79 Å². The van der Waals surface area contributed by atoms with Gasteiger partial charge in [0.2, 0.25) is 0 Å². The number of carboxylic acid groups (broad SMARTS) is 1. The van der Waals surface area contributed by atoms with Crippen LogP contribution in [0.2, 0.25) is 0 Å². The monoisotopic (exact) mass is 272 g/mol. The fourth-order valence-electron chi connectivity index (χ4n) is 2.31. The van der Waals surface area contributed by atoms with Crippen molar-refractivity contribution < 1.29 is 15.0 Å². The molecule has 0 rings (SSSR count). The van der Waals surface area contributed by atoms with Crippen LogP contribution in [0.25, 0.3) is 0 Å². The molecule has 0 saturated carbocycles. The van der Waals surface area contributed by atoms with Crippen LogP contribution in [-0.4, -0.2) is 22.3 Å². The second-order valence-corrected chi connectivity index (χ2v) is 5.56. The number of carboxylic acids is 1. The van der Waals surface area contributed by atoms with Crippen LogP contribution in [0.1, 0.15) is 90.4 Å². The van der Waals surface area contributed by atoms with Crippen molar-refractivity contribution in [2.45, 2.75) is 96.5 Å². The van der Waals surface area contributed by atoms with Crippen molar-refractivity contribution in [3.05, 3.63) is 0 Å². The molecule has 0 aliphatic heterocycles. The number of aliphatic hydroxyl groups excluding tert-OH is 1. The quantitative estimate of drug-likeness (QED) is 0.457. The van der Waals surface area contributed by atoms with Crippen molar-refractivity contribution in [2.24, 2.45) is 0 Å². The van der Waals surface area contributed by atoms with E-state index in [0.29, 0.717) is 0 Å². The maximum Gasteiger partial charge on any atom is 0.303 e. The Morgan fingerprint density at radius 3 is 1.84 bits per heavy atom. The summed E-state index contributed by atoms with van der Waals surface area (Å²) in [5, 5.41) is 18.3. The Hall–Kier alpha value is -0.570. The molecular weight excluding hydrogens is 240 g/mol. The van der Waals surface area contributed by atoms with Gasteiger partial charge in [-0.2, -0.15) is 0 Å². The molecule has 19 heavy (non-hydrogen) atoms. The van der Waals surface area contributed by atoms with Gasteiger partial charge in [-0.05, 0) is 19.3 Å². The van der Waals surface area contributed by atoms with Gasteiger partial charge in [0, 0.05) is 6.42 Å². The first-order valence-corrected chi connectivity index (χ1v) is 8.06. The first kappa shape index (κ1) is 18.4. The summed E-state index contributed by atoms with van der Waals surface area (Å²) in [6.07, 6.45) is 13.4. The van der Waals surface area contributed by atoms with Crippen LogP contribution in [0.15, 0.2) is 0 Å². The van der Waals surface area contributed by atoms with Gasteiger partial charge in [0.15, 0.2) is 0 Å². The molecule has 0 spiro atoms. The Kier molecular flexibility index (Phi) is 13.4. The summed E-state index contributed by atoms with van der Waals surface area (Å²) in [6, 6.07) is 0. The number of aliphatic hydroxyl groups is 1. The third-order valence-corrected chi connectivity index (χ3v) is 3.57. The zero-order valence-electron chi connectivity index (χ0n) is 12.6. The molecule has 0 bridgehead atoms. The minimum Gasteiger partial charge on any atom is -0.481 e. The van der Waals surface area contributed by atoms with Crippen molar-refractivity contribution in [2.75, 3.05) is 0 Å². The third-order valence-electron chi connectivity index (χ3n) is 3.57. The van der Waals surface area contributed by atoms with Gasteiger partial charge < -0.3 is 10.2 Å². The largest absolute Gasteiger partial charge is 0.481 e. The highest BCUT2D eigenvalue weighted by molar-refractivity contribution is 5.66. The molecule has 0 radical (unpaired) electrons. The smallest absolute Gasteiger partial charge is 0.303 e. The Labute approximate surface area is 118 Å². The van der Waals surface area contributed by atoms with Gasteiger partial charge in [-0.1, -0.05) is 64.7 Å². The second kappa shape index (κ2) is 13.9. The van der Waals surface area contributed by atoms with Crippen LogP contribution >= 0.6 is 0 Å². The molecule has 0 aromatic heterocycles. The average Bonchev–Trinajstić information content (AvgIpc) is 2.37. The van der Waals surface area contributed by atoms with Crippen molar-refractivity contribution in [1.29, 1.82) is 0 Å². The lowest BCUT2D eigenvalue weighted by molar-refractivity contribution is -0.137. The SMILES string of the molecule is CCCCCCCCC(O)CCCCCCC(=O)O. The van der Waals surface area contributed by atoms with E-state index in [4.69, 9.17) is 5.11 Å². The molecule has 2 N–H and O–H groups in total. The van der Waals surface area contributed by atoms with Crippen LogP contribution in [0.4, 0.5) is 0 Å². The highest BCUT2D eigenvalue weighted by Gasteiger charge is 2.04. The molecule has 0 aliphatic carbocycles. The number of rotatable bonds is 14. The van der Waals surface area contributed by atoms with Crippen LogP contribution in [0.3, 0.4) is 0 Å². The molecule has 0 heterocycles. The summed E-state index contributed by atoms with van der Waals surface area (Å²) in [4.78, 5) is 10.3. The van der Waals surface area contributed by atoms with Gasteiger partial charge in [-0.15, -0.1) is 0 Å². The van der Waals surface area contributed by atoms with Gasteiger partial charge in [0.05, 0.1) is 6.10 Å². The van der Waals surface area contributed by atoms with E-state index in [0.717, 1.165) is 44.9 Å². The molecular formula is C16H32O3. The number of unbranched alkanes of at least 4 members (excludes halogenated alkanes) is 8. The zero-order valence-corrected chi connectivity index (χ0v) is 12.6. The van der Waals surface area contributed by atoms with E-state index in [1.165, 1.54) is 32.1 Å². The van der Waals surface area contributed by atoms with Crippen molar-refractivity contribution >= 4 is 5.97 Å². The standard InChI is InChI=1S/C16H32O3/c1-2-3-4-5-6-9-12-15(17)13-10-7-8-11-14-16(18)19/h15,17H,2-14H2,1H3,(H,18,19). The Morgan fingerprint density at radius 2 is 1.32 bits per heavy atom. The molecule has 0 aromatic rings. The first-order chi connectivity index (χ1) is 9.16. The van der Waals surface area contributed by atoms with Crippen molar-refractivity contribution in [3.8, 4) is 0 Å². The van der Waals surface area contributed by atoms with E-state index in [1.54, 1.807) is 0 Å². The lowest BCUT2D eigenvalue weighted by Crippen LogP contribution is -2.06. The Balaban J connectivity index is 3.16. The minimum absolute atomic E-state index is 0.148. The Bertz CT molecular complexity index is 204. The topological polar surface area (TPSA) is 57.5 Å². The molecule has 3 heteroatoms. The second-order valence-electron chi connectivity index (χ2n) is 5.56. The molecule has 0 fully saturated rings. The summed E-state index contributed by atoms with van der Waals surface area (Å²) in [7, 11) is 0. The van der Waals surface area contributed by atoms with Crippen LogP contribution < -0.4 is 0 Å². The number of aliphatic carboxylic acids is 1.